The van der Waals surface area contributed by atoms with Gasteiger partial charge in [-0.3, -0.25) is 0 Å². The summed E-state index contributed by atoms with van der Waals surface area (Å²) in [6, 6.07) is 7.39. The Hall–Kier alpha value is -1.06. The van der Waals surface area contributed by atoms with Crippen molar-refractivity contribution in [2.24, 2.45) is 5.92 Å². The topological polar surface area (TPSA) is 38.7 Å². The van der Waals surface area contributed by atoms with Gasteiger partial charge in [-0.15, -0.1) is 0 Å². The van der Waals surface area contributed by atoms with Crippen LogP contribution in [0, 0.1) is 5.92 Å². The molecule has 1 rings (SSSR count). The molecule has 0 amide bonds. The zero-order valence-corrected chi connectivity index (χ0v) is 16.0. The largest absolute Gasteiger partial charge is 0.507 e. The Morgan fingerprint density at radius 3 is 2.08 bits per heavy atom. The highest BCUT2D eigenvalue weighted by Crippen LogP contribution is 2.42. The van der Waals surface area contributed by atoms with Crippen LogP contribution >= 0.6 is 0 Å². The molecular weight excluding hydrogens is 300 g/mol. The Balaban J connectivity index is 2.82. The van der Waals surface area contributed by atoms with Gasteiger partial charge in [0.15, 0.2) is 0 Å². The molecule has 0 saturated heterocycles. The van der Waals surface area contributed by atoms with E-state index in [9.17, 15) is 5.11 Å². The van der Waals surface area contributed by atoms with Gasteiger partial charge in [0.05, 0.1) is 5.56 Å². The van der Waals surface area contributed by atoms with E-state index in [1.54, 1.807) is 6.07 Å². The number of unbranched alkanes of at least 4 members (excludes halogenated alkanes) is 5. The fourth-order valence-corrected chi connectivity index (χ4v) is 3.37. The zero-order chi connectivity index (χ0) is 17.8. The molecule has 0 bridgehead atoms. The van der Waals surface area contributed by atoms with Gasteiger partial charge in [-0.1, -0.05) is 64.5 Å². The van der Waals surface area contributed by atoms with Crippen molar-refractivity contribution in [3.63, 3.8) is 0 Å². The number of hydrogen-bond donors (Lipinski definition) is 1. The standard InChI is InChI=1S/C21H36O3/c1-5-8-9-10-11-12-15-18(4)21(23-6-2,24-7-3)19-16-13-14-17-20(19)22/h13-14,16-18,22H,5-12,15H2,1-4H3. The lowest BCUT2D eigenvalue weighted by atomic mass is 9.87. The highest BCUT2D eigenvalue weighted by atomic mass is 16.7. The van der Waals surface area contributed by atoms with Gasteiger partial charge in [0.1, 0.15) is 5.75 Å². The van der Waals surface area contributed by atoms with Gasteiger partial charge in [-0.25, -0.2) is 0 Å². The van der Waals surface area contributed by atoms with E-state index in [4.69, 9.17) is 9.47 Å². The minimum Gasteiger partial charge on any atom is -0.507 e. The van der Waals surface area contributed by atoms with Crippen LogP contribution in [0.3, 0.4) is 0 Å². The van der Waals surface area contributed by atoms with Crippen molar-refractivity contribution in [3.05, 3.63) is 29.8 Å². The SMILES string of the molecule is CCCCCCCCC(C)C(OCC)(OCC)c1ccccc1O. The molecular formula is C21H36O3. The molecule has 3 nitrogen and oxygen atoms in total. The first-order valence-corrected chi connectivity index (χ1v) is 9.68. The van der Waals surface area contributed by atoms with Crippen molar-refractivity contribution in [2.75, 3.05) is 13.2 Å². The van der Waals surface area contributed by atoms with Crippen LogP contribution in [-0.4, -0.2) is 18.3 Å². The van der Waals surface area contributed by atoms with Gasteiger partial charge >= 0.3 is 0 Å². The van der Waals surface area contributed by atoms with Gasteiger partial charge in [-0.2, -0.15) is 0 Å². The predicted molar refractivity (Wildman–Crippen MR) is 100 cm³/mol. The zero-order valence-electron chi connectivity index (χ0n) is 16.0. The number of ether oxygens (including phenoxy) is 2. The summed E-state index contributed by atoms with van der Waals surface area (Å²) in [7, 11) is 0. The van der Waals surface area contributed by atoms with E-state index in [-0.39, 0.29) is 11.7 Å². The molecule has 0 spiro atoms. The molecule has 0 radical (unpaired) electrons. The maximum absolute atomic E-state index is 10.4. The fraction of sp³-hybridized carbons (Fsp3) is 0.714. The van der Waals surface area contributed by atoms with Gasteiger partial charge in [0.2, 0.25) is 5.79 Å². The molecule has 0 fully saturated rings. The van der Waals surface area contributed by atoms with Crippen molar-refractivity contribution < 1.29 is 14.6 Å². The summed E-state index contributed by atoms with van der Waals surface area (Å²) < 4.78 is 12.2. The molecule has 0 aromatic heterocycles. The lowest BCUT2D eigenvalue weighted by molar-refractivity contribution is -0.273. The second kappa shape index (κ2) is 11.5. The van der Waals surface area contributed by atoms with E-state index in [0.29, 0.717) is 13.2 Å². The molecule has 0 aliphatic rings. The fourth-order valence-electron chi connectivity index (χ4n) is 3.37. The maximum Gasteiger partial charge on any atom is 0.201 e. The molecule has 0 heterocycles. The molecule has 0 saturated carbocycles. The Morgan fingerprint density at radius 2 is 1.50 bits per heavy atom. The van der Waals surface area contributed by atoms with Crippen LogP contribution in [0.1, 0.15) is 78.2 Å². The number of rotatable bonds is 13. The third-order valence-electron chi connectivity index (χ3n) is 4.64. The highest BCUT2D eigenvalue weighted by Gasteiger charge is 2.41. The van der Waals surface area contributed by atoms with Gasteiger partial charge in [0, 0.05) is 19.1 Å². The number of hydrogen-bond acceptors (Lipinski definition) is 3. The van der Waals surface area contributed by atoms with E-state index in [1.807, 2.05) is 32.0 Å². The third-order valence-corrected chi connectivity index (χ3v) is 4.64. The van der Waals surface area contributed by atoms with Crippen molar-refractivity contribution in [1.29, 1.82) is 0 Å². The molecule has 3 heteroatoms. The van der Waals surface area contributed by atoms with Crippen molar-refractivity contribution in [1.82, 2.24) is 0 Å². The number of phenolic OH excluding ortho intramolecular Hbond substituents is 1. The predicted octanol–water partition coefficient (Wildman–Crippen LogP) is 6.00. The van der Waals surface area contributed by atoms with Crippen LogP contribution in [0.2, 0.25) is 0 Å². The first-order chi connectivity index (χ1) is 11.6. The van der Waals surface area contributed by atoms with Gasteiger partial charge in [0.25, 0.3) is 0 Å². The Kier molecular flexibility index (Phi) is 10.0. The quantitative estimate of drug-likeness (QED) is 0.354. The minimum absolute atomic E-state index is 0.178. The third kappa shape index (κ3) is 5.78. The summed E-state index contributed by atoms with van der Waals surface area (Å²) in [5.74, 6) is -0.441. The summed E-state index contributed by atoms with van der Waals surface area (Å²) >= 11 is 0. The van der Waals surface area contributed by atoms with E-state index >= 15 is 0 Å². The minimum atomic E-state index is -0.863. The lowest BCUT2D eigenvalue weighted by Crippen LogP contribution is -2.40. The summed E-state index contributed by atoms with van der Waals surface area (Å²) in [6.45, 7) is 9.47. The normalized spacial score (nSPS) is 13.2. The molecule has 138 valence electrons. The second-order valence-electron chi connectivity index (χ2n) is 6.51. The van der Waals surface area contributed by atoms with Gasteiger partial charge in [-0.05, 0) is 32.4 Å². The summed E-state index contributed by atoms with van der Waals surface area (Å²) in [4.78, 5) is 0. The smallest absolute Gasteiger partial charge is 0.201 e. The van der Waals surface area contributed by atoms with Crippen LogP contribution < -0.4 is 0 Å². The van der Waals surface area contributed by atoms with Crippen molar-refractivity contribution >= 4 is 0 Å². The molecule has 24 heavy (non-hydrogen) atoms. The van der Waals surface area contributed by atoms with E-state index in [2.05, 4.69) is 13.8 Å². The van der Waals surface area contributed by atoms with Gasteiger partial charge < -0.3 is 14.6 Å². The molecule has 1 atom stereocenters. The molecule has 1 aromatic carbocycles. The number of aromatic hydroxyl groups is 1. The summed E-state index contributed by atoms with van der Waals surface area (Å²) in [6.07, 6.45) is 8.68. The molecule has 1 unspecified atom stereocenters. The number of benzene rings is 1. The van der Waals surface area contributed by atoms with Crippen molar-refractivity contribution in [3.8, 4) is 5.75 Å². The Morgan fingerprint density at radius 1 is 0.917 bits per heavy atom. The van der Waals surface area contributed by atoms with Crippen LogP contribution in [0.15, 0.2) is 24.3 Å². The number of para-hydroxylation sites is 1. The molecule has 1 N–H and O–H groups in total. The van der Waals surface area contributed by atoms with E-state index in [0.717, 1.165) is 12.0 Å². The number of phenols is 1. The molecule has 1 aromatic rings. The first-order valence-electron chi connectivity index (χ1n) is 9.68. The monoisotopic (exact) mass is 336 g/mol. The average molecular weight is 337 g/mol. The van der Waals surface area contributed by atoms with Crippen molar-refractivity contribution in [2.45, 2.75) is 78.4 Å². The summed E-state index contributed by atoms with van der Waals surface area (Å²) in [5, 5.41) is 10.4. The summed E-state index contributed by atoms with van der Waals surface area (Å²) in [5.41, 5.74) is 0.743. The second-order valence-corrected chi connectivity index (χ2v) is 6.51. The Bertz CT molecular complexity index is 438. The first kappa shape index (κ1) is 21.0. The average Bonchev–Trinajstić information content (AvgIpc) is 2.58. The Labute approximate surface area is 148 Å². The highest BCUT2D eigenvalue weighted by molar-refractivity contribution is 5.36. The van der Waals surface area contributed by atoms with Crippen LogP contribution in [-0.2, 0) is 15.3 Å². The van der Waals surface area contributed by atoms with E-state index < -0.39 is 5.79 Å². The van der Waals surface area contributed by atoms with E-state index in [1.165, 1.54) is 38.5 Å². The molecule has 0 aliphatic heterocycles. The van der Waals surface area contributed by atoms with Crippen LogP contribution in [0.4, 0.5) is 0 Å². The van der Waals surface area contributed by atoms with Crippen LogP contribution in [0.5, 0.6) is 5.75 Å². The molecule has 0 aliphatic carbocycles. The van der Waals surface area contributed by atoms with Crippen LogP contribution in [0.25, 0.3) is 0 Å². The maximum atomic E-state index is 10.4. The lowest BCUT2D eigenvalue weighted by Gasteiger charge is -2.39.